The van der Waals surface area contributed by atoms with E-state index in [2.05, 4.69) is 48.7 Å². The van der Waals surface area contributed by atoms with Gasteiger partial charge in [0, 0.05) is 18.3 Å². The van der Waals surface area contributed by atoms with E-state index in [0.29, 0.717) is 0 Å². The summed E-state index contributed by atoms with van der Waals surface area (Å²) in [6.07, 6.45) is 8.48. The highest BCUT2D eigenvalue weighted by atomic mass is 14.9. The summed E-state index contributed by atoms with van der Waals surface area (Å²) in [5.41, 5.74) is 9.84. The summed E-state index contributed by atoms with van der Waals surface area (Å²) in [5, 5.41) is 3.39. The summed E-state index contributed by atoms with van der Waals surface area (Å²) in [5.74, 6) is 0. The lowest BCUT2D eigenvalue weighted by Gasteiger charge is -2.15. The summed E-state index contributed by atoms with van der Waals surface area (Å²) >= 11 is 0. The highest BCUT2D eigenvalue weighted by Crippen LogP contribution is 2.12. The van der Waals surface area contributed by atoms with Crippen molar-refractivity contribution < 1.29 is 0 Å². The van der Waals surface area contributed by atoms with Crippen LogP contribution in [0, 0.1) is 0 Å². The van der Waals surface area contributed by atoms with Crippen molar-refractivity contribution in [3.05, 3.63) is 53.6 Å². The largest absolute Gasteiger partial charge is 0.383 e. The molecule has 0 amide bonds. The second-order valence-electron chi connectivity index (χ2n) is 4.72. The number of hydrogen-bond acceptors (Lipinski definition) is 2. The van der Waals surface area contributed by atoms with E-state index in [4.69, 9.17) is 5.73 Å². The minimum atomic E-state index is 0.0246. The standard InChI is InChI=1S/C17H26N2/c1-4-7-14-9-11-16(12-10-14)19-13-17(18)15(6-3)8-5-2/h5-6,8-12,17,19H,4,7,13,18H2,1-3H3/b8-5-,15-6+. The molecule has 0 radical (unpaired) electrons. The molecular formula is C17H26N2. The average molecular weight is 258 g/mol. The molecule has 2 heteroatoms. The van der Waals surface area contributed by atoms with Gasteiger partial charge in [0.25, 0.3) is 0 Å². The van der Waals surface area contributed by atoms with E-state index in [9.17, 15) is 0 Å². The van der Waals surface area contributed by atoms with Crippen molar-refractivity contribution in [2.75, 3.05) is 11.9 Å². The molecule has 104 valence electrons. The van der Waals surface area contributed by atoms with Crippen molar-refractivity contribution in [1.82, 2.24) is 0 Å². The summed E-state index contributed by atoms with van der Waals surface area (Å²) in [6.45, 7) is 6.98. The third-order valence-electron chi connectivity index (χ3n) is 3.14. The van der Waals surface area contributed by atoms with E-state index in [0.717, 1.165) is 24.2 Å². The van der Waals surface area contributed by atoms with E-state index in [1.165, 1.54) is 12.0 Å². The Morgan fingerprint density at radius 3 is 2.47 bits per heavy atom. The normalized spacial score (nSPS) is 13.8. The van der Waals surface area contributed by atoms with E-state index < -0.39 is 0 Å². The van der Waals surface area contributed by atoms with E-state index in [-0.39, 0.29) is 6.04 Å². The smallest absolute Gasteiger partial charge is 0.0467 e. The second-order valence-corrected chi connectivity index (χ2v) is 4.72. The first-order valence-corrected chi connectivity index (χ1v) is 7.08. The molecule has 0 saturated carbocycles. The van der Waals surface area contributed by atoms with Crippen LogP contribution in [0.25, 0.3) is 0 Å². The molecule has 0 saturated heterocycles. The Bertz CT molecular complexity index is 415. The van der Waals surface area contributed by atoms with Crippen LogP contribution in [0.1, 0.15) is 32.8 Å². The van der Waals surface area contributed by atoms with Gasteiger partial charge in [-0.25, -0.2) is 0 Å². The molecule has 3 N–H and O–H groups in total. The number of nitrogens with two attached hydrogens (primary N) is 1. The predicted molar refractivity (Wildman–Crippen MR) is 85.5 cm³/mol. The van der Waals surface area contributed by atoms with Crippen molar-refractivity contribution in [2.24, 2.45) is 5.73 Å². The molecule has 0 aliphatic carbocycles. The third-order valence-corrected chi connectivity index (χ3v) is 3.14. The maximum atomic E-state index is 6.16. The highest BCUT2D eigenvalue weighted by Gasteiger charge is 2.05. The highest BCUT2D eigenvalue weighted by molar-refractivity contribution is 5.45. The maximum Gasteiger partial charge on any atom is 0.0467 e. The molecule has 0 aromatic heterocycles. The lowest BCUT2D eigenvalue weighted by atomic mass is 10.1. The molecule has 2 nitrogen and oxygen atoms in total. The topological polar surface area (TPSA) is 38.0 Å². The molecule has 0 aliphatic heterocycles. The maximum absolute atomic E-state index is 6.16. The third kappa shape index (κ3) is 5.31. The Kier molecular flexibility index (Phi) is 6.98. The molecule has 0 spiro atoms. The fraction of sp³-hybridized carbons (Fsp3) is 0.412. The van der Waals surface area contributed by atoms with Crippen LogP contribution in [0.5, 0.6) is 0 Å². The molecule has 1 atom stereocenters. The molecule has 1 aromatic rings. The Morgan fingerprint density at radius 1 is 1.26 bits per heavy atom. The molecule has 19 heavy (non-hydrogen) atoms. The van der Waals surface area contributed by atoms with Gasteiger partial charge in [-0.2, -0.15) is 0 Å². The Balaban J connectivity index is 2.52. The Morgan fingerprint density at radius 2 is 1.95 bits per heavy atom. The Labute approximate surface area is 117 Å². The Hall–Kier alpha value is -1.54. The number of anilines is 1. The van der Waals surface area contributed by atoms with Gasteiger partial charge in [0.1, 0.15) is 0 Å². The zero-order valence-corrected chi connectivity index (χ0v) is 12.3. The van der Waals surface area contributed by atoms with Crippen LogP contribution in [-0.2, 0) is 6.42 Å². The molecule has 0 heterocycles. The zero-order valence-electron chi connectivity index (χ0n) is 12.3. The predicted octanol–water partition coefficient (Wildman–Crippen LogP) is 3.90. The first-order valence-electron chi connectivity index (χ1n) is 7.08. The monoisotopic (exact) mass is 258 g/mol. The molecule has 1 aromatic carbocycles. The van der Waals surface area contributed by atoms with Gasteiger partial charge in [0.05, 0.1) is 0 Å². The first kappa shape index (κ1) is 15.5. The molecule has 1 unspecified atom stereocenters. The van der Waals surface area contributed by atoms with Crippen LogP contribution in [0.4, 0.5) is 5.69 Å². The molecular weight excluding hydrogens is 232 g/mol. The van der Waals surface area contributed by atoms with Crippen LogP contribution >= 0.6 is 0 Å². The second kappa shape index (κ2) is 8.54. The average Bonchev–Trinajstić information content (AvgIpc) is 2.44. The van der Waals surface area contributed by atoms with Crippen molar-refractivity contribution >= 4 is 5.69 Å². The summed E-state index contributed by atoms with van der Waals surface area (Å²) in [7, 11) is 0. The van der Waals surface area contributed by atoms with Crippen LogP contribution in [-0.4, -0.2) is 12.6 Å². The van der Waals surface area contributed by atoms with Crippen molar-refractivity contribution in [3.8, 4) is 0 Å². The van der Waals surface area contributed by atoms with Crippen molar-refractivity contribution in [3.63, 3.8) is 0 Å². The molecule has 0 aliphatic rings. The van der Waals surface area contributed by atoms with Crippen LogP contribution in [0.15, 0.2) is 48.1 Å². The van der Waals surface area contributed by atoms with Gasteiger partial charge >= 0.3 is 0 Å². The van der Waals surface area contributed by atoms with Gasteiger partial charge in [-0.1, -0.05) is 43.7 Å². The lowest BCUT2D eigenvalue weighted by molar-refractivity contribution is 0.822. The summed E-state index contributed by atoms with van der Waals surface area (Å²) in [4.78, 5) is 0. The number of rotatable bonds is 7. The first-order chi connectivity index (χ1) is 9.21. The number of allylic oxidation sites excluding steroid dienone is 2. The fourth-order valence-corrected chi connectivity index (χ4v) is 2.05. The summed E-state index contributed by atoms with van der Waals surface area (Å²) in [6, 6.07) is 8.64. The molecule has 0 bridgehead atoms. The van der Waals surface area contributed by atoms with Gasteiger partial charge in [-0.05, 0) is 43.5 Å². The van der Waals surface area contributed by atoms with Gasteiger partial charge in [-0.3, -0.25) is 0 Å². The van der Waals surface area contributed by atoms with E-state index >= 15 is 0 Å². The lowest BCUT2D eigenvalue weighted by Crippen LogP contribution is -2.30. The number of benzene rings is 1. The van der Waals surface area contributed by atoms with Crippen molar-refractivity contribution in [1.29, 1.82) is 0 Å². The number of hydrogen-bond donors (Lipinski definition) is 2. The van der Waals surface area contributed by atoms with Crippen LogP contribution < -0.4 is 11.1 Å². The van der Waals surface area contributed by atoms with Crippen molar-refractivity contribution in [2.45, 2.75) is 39.7 Å². The quantitative estimate of drug-likeness (QED) is 0.728. The van der Waals surface area contributed by atoms with E-state index in [1.807, 2.05) is 19.9 Å². The molecule has 0 fully saturated rings. The molecule has 1 rings (SSSR count). The number of aryl methyl sites for hydroxylation is 1. The van der Waals surface area contributed by atoms with Crippen LogP contribution in [0.3, 0.4) is 0 Å². The zero-order chi connectivity index (χ0) is 14.1. The van der Waals surface area contributed by atoms with Gasteiger partial charge in [-0.15, -0.1) is 0 Å². The summed E-state index contributed by atoms with van der Waals surface area (Å²) < 4.78 is 0. The fourth-order valence-electron chi connectivity index (χ4n) is 2.05. The van der Waals surface area contributed by atoms with E-state index in [1.54, 1.807) is 0 Å². The van der Waals surface area contributed by atoms with Gasteiger partial charge < -0.3 is 11.1 Å². The van der Waals surface area contributed by atoms with Crippen LogP contribution in [0.2, 0.25) is 0 Å². The minimum Gasteiger partial charge on any atom is -0.383 e. The van der Waals surface area contributed by atoms with Gasteiger partial charge in [0.15, 0.2) is 0 Å². The number of nitrogens with one attached hydrogen (secondary N) is 1. The SMILES string of the molecule is C/C=C\C(=C/C)C(N)CNc1ccc(CCC)cc1. The minimum absolute atomic E-state index is 0.0246. The van der Waals surface area contributed by atoms with Gasteiger partial charge in [0.2, 0.25) is 0 Å².